The summed E-state index contributed by atoms with van der Waals surface area (Å²) in [4.78, 5) is 12.0. The molecule has 3 rings (SSSR count). The van der Waals surface area contributed by atoms with Gasteiger partial charge in [-0.2, -0.15) is 0 Å². The molecule has 0 radical (unpaired) electrons. The summed E-state index contributed by atoms with van der Waals surface area (Å²) in [5, 5.41) is 3.61. The molecule has 4 heteroatoms. The number of hydrogen-bond acceptors (Lipinski definition) is 2. The number of hydrogen-bond donors (Lipinski definition) is 1. The molecule has 0 spiro atoms. The van der Waals surface area contributed by atoms with Crippen molar-refractivity contribution in [1.82, 2.24) is 5.32 Å². The summed E-state index contributed by atoms with van der Waals surface area (Å²) in [6, 6.07) is 11.7. The normalized spacial score (nSPS) is 16.1. The Morgan fingerprint density at radius 1 is 1.21 bits per heavy atom. The van der Waals surface area contributed by atoms with Crippen LogP contribution < -0.4 is 10.1 Å². The summed E-state index contributed by atoms with van der Waals surface area (Å²) in [5.74, 6) is 0.796. The van der Waals surface area contributed by atoms with Gasteiger partial charge >= 0.3 is 0 Å². The van der Waals surface area contributed by atoms with Crippen LogP contribution in [0.1, 0.15) is 24.0 Å². The molecule has 1 amide bonds. The third-order valence-corrected chi connectivity index (χ3v) is 4.59. The van der Waals surface area contributed by atoms with E-state index < -0.39 is 0 Å². The molecule has 2 aromatic rings. The van der Waals surface area contributed by atoms with E-state index >= 15 is 0 Å². The number of halogens is 1. The molecule has 0 unspecified atom stereocenters. The largest absolute Gasteiger partial charge is 0.497 e. The fourth-order valence-electron chi connectivity index (χ4n) is 2.94. The van der Waals surface area contributed by atoms with Gasteiger partial charge in [0, 0.05) is 17.1 Å². The average molecular weight is 342 g/mol. The van der Waals surface area contributed by atoms with Crippen molar-refractivity contribution in [3.63, 3.8) is 0 Å². The van der Waals surface area contributed by atoms with E-state index in [0.717, 1.165) is 53.0 Å². The smallest absolute Gasteiger partial charge is 0.247 e. The molecule has 1 fully saturated rings. The summed E-state index contributed by atoms with van der Waals surface area (Å²) < 4.78 is 5.46. The van der Waals surface area contributed by atoms with E-state index in [1.165, 1.54) is 0 Å². The van der Waals surface area contributed by atoms with Crippen LogP contribution in [0.5, 0.6) is 5.75 Å². The molecule has 0 atom stereocenters. The van der Waals surface area contributed by atoms with Gasteiger partial charge in [0.05, 0.1) is 7.11 Å². The second-order valence-corrected chi connectivity index (χ2v) is 6.36. The van der Waals surface area contributed by atoms with Crippen LogP contribution in [0.2, 0.25) is 5.02 Å². The molecule has 1 heterocycles. The molecule has 1 aliphatic heterocycles. The first kappa shape index (κ1) is 16.6. The van der Waals surface area contributed by atoms with Crippen LogP contribution in [-0.4, -0.2) is 19.6 Å². The maximum absolute atomic E-state index is 12.0. The summed E-state index contributed by atoms with van der Waals surface area (Å²) in [6.07, 6.45) is 3.76. The zero-order valence-corrected chi connectivity index (χ0v) is 14.6. The van der Waals surface area contributed by atoms with Gasteiger partial charge in [0.1, 0.15) is 5.75 Å². The van der Waals surface area contributed by atoms with E-state index in [0.29, 0.717) is 5.02 Å². The van der Waals surface area contributed by atoms with Gasteiger partial charge in [-0.25, -0.2) is 0 Å². The summed E-state index contributed by atoms with van der Waals surface area (Å²) in [5.41, 5.74) is 5.09. The number of methoxy groups -OCH3 is 1. The Balaban J connectivity index is 2.09. The van der Waals surface area contributed by atoms with Crippen molar-refractivity contribution in [2.45, 2.75) is 19.8 Å². The number of amides is 1. The Labute approximate surface area is 147 Å². The van der Waals surface area contributed by atoms with Gasteiger partial charge in [-0.1, -0.05) is 23.7 Å². The van der Waals surface area contributed by atoms with E-state index in [1.807, 2.05) is 42.5 Å². The van der Waals surface area contributed by atoms with Gasteiger partial charge in [-0.05, 0) is 72.4 Å². The summed E-state index contributed by atoms with van der Waals surface area (Å²) in [7, 11) is 1.65. The Hall–Kier alpha value is -2.26. The van der Waals surface area contributed by atoms with E-state index in [9.17, 15) is 4.79 Å². The molecule has 1 aliphatic rings. The number of carbonyl (C=O) groups excluding carboxylic acids is 1. The maximum atomic E-state index is 12.0. The maximum Gasteiger partial charge on any atom is 0.247 e. The number of carbonyl (C=O) groups is 1. The predicted octanol–water partition coefficient (Wildman–Crippen LogP) is 4.62. The lowest BCUT2D eigenvalue weighted by Crippen LogP contribution is -2.30. The van der Waals surface area contributed by atoms with Crippen LogP contribution in [0.3, 0.4) is 0 Å². The van der Waals surface area contributed by atoms with Gasteiger partial charge in [-0.3, -0.25) is 4.79 Å². The molecule has 124 valence electrons. The highest BCUT2D eigenvalue weighted by Crippen LogP contribution is 2.33. The lowest BCUT2D eigenvalue weighted by Gasteiger charge is -2.17. The van der Waals surface area contributed by atoms with Crippen LogP contribution in [0, 0.1) is 6.92 Å². The molecule has 2 aromatic carbocycles. The number of ether oxygens (including phenoxy) is 1. The highest BCUT2D eigenvalue weighted by atomic mass is 35.5. The van der Waals surface area contributed by atoms with Crippen molar-refractivity contribution < 1.29 is 9.53 Å². The molecular weight excluding hydrogens is 322 g/mol. The SMILES string of the molecule is COc1cc(/C=C2\CCCNC2=O)c(C)c(-c2ccc(Cl)cc2)c1. The zero-order valence-electron chi connectivity index (χ0n) is 13.9. The van der Waals surface area contributed by atoms with Crippen LogP contribution >= 0.6 is 11.6 Å². The van der Waals surface area contributed by atoms with Crippen molar-refractivity contribution in [3.05, 3.63) is 58.1 Å². The fourth-order valence-corrected chi connectivity index (χ4v) is 3.07. The minimum atomic E-state index is 0.0245. The van der Waals surface area contributed by atoms with Crippen molar-refractivity contribution >= 4 is 23.6 Å². The molecule has 0 bridgehead atoms. The van der Waals surface area contributed by atoms with Crippen molar-refractivity contribution in [1.29, 1.82) is 0 Å². The van der Waals surface area contributed by atoms with Gasteiger partial charge < -0.3 is 10.1 Å². The number of rotatable bonds is 3. The van der Waals surface area contributed by atoms with Gasteiger partial charge in [-0.15, -0.1) is 0 Å². The Bertz CT molecular complexity index is 794. The molecule has 1 saturated heterocycles. The first-order valence-electron chi connectivity index (χ1n) is 8.02. The molecule has 0 aromatic heterocycles. The minimum absolute atomic E-state index is 0.0245. The van der Waals surface area contributed by atoms with Crippen LogP contribution in [0.15, 0.2) is 42.0 Å². The third kappa shape index (κ3) is 3.46. The van der Waals surface area contributed by atoms with Crippen molar-refractivity contribution in [3.8, 4) is 16.9 Å². The molecule has 24 heavy (non-hydrogen) atoms. The monoisotopic (exact) mass is 341 g/mol. The number of benzene rings is 2. The quantitative estimate of drug-likeness (QED) is 0.827. The molecule has 1 N–H and O–H groups in total. The van der Waals surface area contributed by atoms with Crippen molar-refractivity contribution in [2.75, 3.05) is 13.7 Å². The zero-order chi connectivity index (χ0) is 17.1. The molecule has 0 saturated carbocycles. The first-order chi connectivity index (χ1) is 11.6. The Morgan fingerprint density at radius 3 is 2.62 bits per heavy atom. The Morgan fingerprint density at radius 2 is 1.96 bits per heavy atom. The number of piperidine rings is 1. The standard InChI is InChI=1S/C20H20ClNO2/c1-13-16(10-15-4-3-9-22-20(15)23)11-18(24-2)12-19(13)14-5-7-17(21)8-6-14/h5-8,10-12H,3-4,9H2,1-2H3,(H,22,23)/b15-10+. The lowest BCUT2D eigenvalue weighted by atomic mass is 9.93. The summed E-state index contributed by atoms with van der Waals surface area (Å²) in [6.45, 7) is 2.82. The molecule has 0 aliphatic carbocycles. The predicted molar refractivity (Wildman–Crippen MR) is 98.4 cm³/mol. The third-order valence-electron chi connectivity index (χ3n) is 4.34. The van der Waals surface area contributed by atoms with Gasteiger partial charge in [0.25, 0.3) is 0 Å². The number of nitrogens with one attached hydrogen (secondary N) is 1. The Kier molecular flexibility index (Phi) is 4.91. The van der Waals surface area contributed by atoms with Gasteiger partial charge in [0.2, 0.25) is 5.91 Å². The van der Waals surface area contributed by atoms with E-state index in [4.69, 9.17) is 16.3 Å². The molecule has 3 nitrogen and oxygen atoms in total. The topological polar surface area (TPSA) is 38.3 Å². The second-order valence-electron chi connectivity index (χ2n) is 5.93. The van der Waals surface area contributed by atoms with Crippen molar-refractivity contribution in [2.24, 2.45) is 0 Å². The molecular formula is C20H20ClNO2. The highest BCUT2D eigenvalue weighted by molar-refractivity contribution is 6.30. The van der Waals surface area contributed by atoms with E-state index in [2.05, 4.69) is 12.2 Å². The highest BCUT2D eigenvalue weighted by Gasteiger charge is 2.16. The van der Waals surface area contributed by atoms with E-state index in [1.54, 1.807) is 7.11 Å². The minimum Gasteiger partial charge on any atom is -0.497 e. The second kappa shape index (κ2) is 7.10. The van der Waals surface area contributed by atoms with Gasteiger partial charge in [0.15, 0.2) is 0 Å². The van der Waals surface area contributed by atoms with Crippen LogP contribution in [0.4, 0.5) is 0 Å². The van der Waals surface area contributed by atoms with Crippen LogP contribution in [-0.2, 0) is 4.79 Å². The first-order valence-corrected chi connectivity index (χ1v) is 8.39. The lowest BCUT2D eigenvalue weighted by molar-refractivity contribution is -0.118. The van der Waals surface area contributed by atoms with E-state index in [-0.39, 0.29) is 5.91 Å². The fraction of sp³-hybridized carbons (Fsp3) is 0.250. The average Bonchev–Trinajstić information content (AvgIpc) is 2.59. The summed E-state index contributed by atoms with van der Waals surface area (Å²) >= 11 is 5.99. The van der Waals surface area contributed by atoms with Crippen LogP contribution in [0.25, 0.3) is 17.2 Å².